The fraction of sp³-hybridized carbons (Fsp3) is 0.438. The third-order valence-electron chi connectivity index (χ3n) is 3.33. The van der Waals surface area contributed by atoms with Crippen LogP contribution in [0.25, 0.3) is 11.1 Å². The van der Waals surface area contributed by atoms with Crippen molar-refractivity contribution in [3.63, 3.8) is 0 Å². The highest BCUT2D eigenvalue weighted by atomic mass is 16.5. The average Bonchev–Trinajstić information content (AvgIpc) is 2.90. The number of aryl methyl sites for hydroxylation is 1. The minimum atomic E-state index is 0.417. The molecule has 1 aromatic carbocycles. The molecule has 0 spiro atoms. The van der Waals surface area contributed by atoms with E-state index < -0.39 is 0 Å². The number of hydrogen-bond donors (Lipinski definition) is 1. The molecule has 0 bridgehead atoms. The standard InChI is InChI=1S/C16H23N3O2/c1-11(2)17-8-12-6-15(20-4)16(21-5)7-14(12)13-9-18-19(3)10-13/h6-7,9-11,17H,8H2,1-5H3. The van der Waals surface area contributed by atoms with Crippen LogP contribution in [0.5, 0.6) is 11.5 Å². The van der Waals surface area contributed by atoms with Crippen molar-refractivity contribution in [2.24, 2.45) is 7.05 Å². The van der Waals surface area contributed by atoms with Crippen molar-refractivity contribution in [1.29, 1.82) is 0 Å². The number of hydrogen-bond acceptors (Lipinski definition) is 4. The summed E-state index contributed by atoms with van der Waals surface area (Å²) < 4.78 is 12.6. The molecule has 0 aliphatic rings. The van der Waals surface area contributed by atoms with Crippen molar-refractivity contribution < 1.29 is 9.47 Å². The highest BCUT2D eigenvalue weighted by molar-refractivity contribution is 5.70. The number of ether oxygens (including phenoxy) is 2. The smallest absolute Gasteiger partial charge is 0.161 e. The maximum absolute atomic E-state index is 5.41. The van der Waals surface area contributed by atoms with Crippen LogP contribution < -0.4 is 14.8 Å². The van der Waals surface area contributed by atoms with Gasteiger partial charge in [0.1, 0.15) is 0 Å². The van der Waals surface area contributed by atoms with Crippen molar-refractivity contribution in [1.82, 2.24) is 15.1 Å². The molecule has 0 unspecified atom stereocenters. The molecule has 21 heavy (non-hydrogen) atoms. The van der Waals surface area contributed by atoms with Crippen molar-refractivity contribution in [2.75, 3.05) is 14.2 Å². The zero-order chi connectivity index (χ0) is 15.4. The topological polar surface area (TPSA) is 48.3 Å². The first-order valence-corrected chi connectivity index (χ1v) is 7.02. The molecule has 1 aromatic heterocycles. The summed E-state index contributed by atoms with van der Waals surface area (Å²) in [7, 11) is 5.22. The van der Waals surface area contributed by atoms with Gasteiger partial charge in [0.2, 0.25) is 0 Å². The molecule has 0 saturated heterocycles. The first-order valence-electron chi connectivity index (χ1n) is 7.02. The van der Waals surface area contributed by atoms with Crippen LogP contribution in [0.3, 0.4) is 0 Å². The SMILES string of the molecule is COc1cc(CNC(C)C)c(-c2cnn(C)c2)cc1OC. The van der Waals surface area contributed by atoms with E-state index in [1.54, 1.807) is 18.9 Å². The van der Waals surface area contributed by atoms with E-state index in [4.69, 9.17) is 9.47 Å². The number of nitrogens with one attached hydrogen (secondary N) is 1. The van der Waals surface area contributed by atoms with Crippen LogP contribution in [0, 0.1) is 0 Å². The van der Waals surface area contributed by atoms with Crippen molar-refractivity contribution >= 4 is 0 Å². The second-order valence-electron chi connectivity index (χ2n) is 5.30. The number of nitrogens with zero attached hydrogens (tertiary/aromatic N) is 2. The Morgan fingerprint density at radius 3 is 2.38 bits per heavy atom. The monoisotopic (exact) mass is 289 g/mol. The van der Waals surface area contributed by atoms with E-state index in [1.165, 1.54) is 0 Å². The lowest BCUT2D eigenvalue weighted by atomic mass is 10.0. The molecule has 0 radical (unpaired) electrons. The third kappa shape index (κ3) is 3.55. The summed E-state index contributed by atoms with van der Waals surface area (Å²) in [6.07, 6.45) is 3.86. The number of methoxy groups -OCH3 is 2. The molecule has 2 aromatic rings. The summed E-state index contributed by atoms with van der Waals surface area (Å²) in [6.45, 7) is 5.03. The summed E-state index contributed by atoms with van der Waals surface area (Å²) in [5.41, 5.74) is 3.34. The first kappa shape index (κ1) is 15.4. The van der Waals surface area contributed by atoms with Crippen LogP contribution in [-0.4, -0.2) is 30.0 Å². The third-order valence-corrected chi connectivity index (χ3v) is 3.33. The second kappa shape index (κ2) is 6.63. The summed E-state index contributed by atoms with van der Waals surface area (Å²) in [5, 5.41) is 7.70. The van der Waals surface area contributed by atoms with E-state index in [9.17, 15) is 0 Å². The molecule has 0 aliphatic carbocycles. The van der Waals surface area contributed by atoms with Crippen LogP contribution in [0.1, 0.15) is 19.4 Å². The van der Waals surface area contributed by atoms with E-state index in [2.05, 4.69) is 24.3 Å². The Balaban J connectivity index is 2.48. The van der Waals surface area contributed by atoms with Crippen LogP contribution in [-0.2, 0) is 13.6 Å². The first-order chi connectivity index (χ1) is 10.0. The zero-order valence-electron chi connectivity index (χ0n) is 13.3. The zero-order valence-corrected chi connectivity index (χ0v) is 13.3. The second-order valence-corrected chi connectivity index (χ2v) is 5.30. The normalized spacial score (nSPS) is 11.0. The van der Waals surface area contributed by atoms with Gasteiger partial charge in [-0.1, -0.05) is 13.8 Å². The van der Waals surface area contributed by atoms with E-state index in [0.717, 1.165) is 34.7 Å². The summed E-state index contributed by atoms with van der Waals surface area (Å²) in [4.78, 5) is 0. The molecule has 5 nitrogen and oxygen atoms in total. The Morgan fingerprint density at radius 2 is 1.86 bits per heavy atom. The summed E-state index contributed by atoms with van der Waals surface area (Å²) in [5.74, 6) is 1.47. The quantitative estimate of drug-likeness (QED) is 0.888. The highest BCUT2D eigenvalue weighted by Crippen LogP contribution is 2.35. The van der Waals surface area contributed by atoms with E-state index in [1.807, 2.05) is 31.6 Å². The fourth-order valence-corrected chi connectivity index (χ4v) is 2.21. The van der Waals surface area contributed by atoms with Gasteiger partial charge in [0.15, 0.2) is 11.5 Å². The van der Waals surface area contributed by atoms with Gasteiger partial charge >= 0.3 is 0 Å². The lowest BCUT2D eigenvalue weighted by Crippen LogP contribution is -2.22. The van der Waals surface area contributed by atoms with Gasteiger partial charge in [-0.15, -0.1) is 0 Å². The van der Waals surface area contributed by atoms with Gasteiger partial charge in [-0.25, -0.2) is 0 Å². The van der Waals surface area contributed by atoms with Gasteiger partial charge in [0.05, 0.1) is 20.4 Å². The van der Waals surface area contributed by atoms with Crippen LogP contribution in [0.4, 0.5) is 0 Å². The Kier molecular flexibility index (Phi) is 4.85. The Bertz CT molecular complexity index is 606. The fourth-order valence-electron chi connectivity index (χ4n) is 2.21. The van der Waals surface area contributed by atoms with Gasteiger partial charge in [0, 0.05) is 31.4 Å². The molecule has 5 heteroatoms. The van der Waals surface area contributed by atoms with Crippen molar-refractivity contribution in [3.05, 3.63) is 30.1 Å². The van der Waals surface area contributed by atoms with Crippen LogP contribution in [0.15, 0.2) is 24.5 Å². The molecule has 0 saturated carbocycles. The van der Waals surface area contributed by atoms with E-state index >= 15 is 0 Å². The molecular formula is C16H23N3O2. The molecule has 1 N–H and O–H groups in total. The maximum Gasteiger partial charge on any atom is 0.161 e. The van der Waals surface area contributed by atoms with Gasteiger partial charge in [-0.3, -0.25) is 4.68 Å². The van der Waals surface area contributed by atoms with Crippen molar-refractivity contribution in [2.45, 2.75) is 26.4 Å². The van der Waals surface area contributed by atoms with Gasteiger partial charge in [-0.05, 0) is 23.3 Å². The summed E-state index contributed by atoms with van der Waals surface area (Å²) >= 11 is 0. The Labute approximate surface area is 125 Å². The molecular weight excluding hydrogens is 266 g/mol. The molecule has 0 atom stereocenters. The molecule has 1 heterocycles. The Morgan fingerprint density at radius 1 is 1.19 bits per heavy atom. The molecule has 2 rings (SSSR count). The summed E-state index contributed by atoms with van der Waals surface area (Å²) in [6, 6.07) is 4.45. The van der Waals surface area contributed by atoms with Gasteiger partial charge in [-0.2, -0.15) is 5.10 Å². The molecule has 0 amide bonds. The van der Waals surface area contributed by atoms with Crippen LogP contribution in [0.2, 0.25) is 0 Å². The lowest BCUT2D eigenvalue weighted by molar-refractivity contribution is 0.354. The number of aromatic nitrogens is 2. The molecule has 0 fully saturated rings. The number of rotatable bonds is 6. The van der Waals surface area contributed by atoms with E-state index in [0.29, 0.717) is 6.04 Å². The Hall–Kier alpha value is -2.01. The van der Waals surface area contributed by atoms with E-state index in [-0.39, 0.29) is 0 Å². The lowest BCUT2D eigenvalue weighted by Gasteiger charge is -2.16. The molecule has 0 aliphatic heterocycles. The minimum absolute atomic E-state index is 0.417. The minimum Gasteiger partial charge on any atom is -0.493 e. The highest BCUT2D eigenvalue weighted by Gasteiger charge is 2.14. The number of benzene rings is 1. The van der Waals surface area contributed by atoms with Gasteiger partial charge < -0.3 is 14.8 Å². The maximum atomic E-state index is 5.41. The van der Waals surface area contributed by atoms with Gasteiger partial charge in [0.25, 0.3) is 0 Å². The van der Waals surface area contributed by atoms with Crippen molar-refractivity contribution in [3.8, 4) is 22.6 Å². The van der Waals surface area contributed by atoms with Crippen LogP contribution >= 0.6 is 0 Å². The predicted molar refractivity (Wildman–Crippen MR) is 83.7 cm³/mol. The predicted octanol–water partition coefficient (Wildman–Crippen LogP) is 2.60. The molecule has 114 valence electrons. The largest absolute Gasteiger partial charge is 0.493 e. The average molecular weight is 289 g/mol.